The molecule has 16 heavy (non-hydrogen) atoms. The fourth-order valence-corrected chi connectivity index (χ4v) is 1.23. The van der Waals surface area contributed by atoms with Crippen LogP contribution in [-0.4, -0.2) is 23.5 Å². The third-order valence-corrected chi connectivity index (χ3v) is 2.53. The predicted molar refractivity (Wildman–Crippen MR) is 58.8 cm³/mol. The molecule has 0 aliphatic heterocycles. The van der Waals surface area contributed by atoms with E-state index in [2.05, 4.69) is 4.98 Å². The number of ketones is 1. The van der Waals surface area contributed by atoms with Crippen LogP contribution in [0.1, 0.15) is 37.2 Å². The van der Waals surface area contributed by atoms with Crippen molar-refractivity contribution in [3.63, 3.8) is 0 Å². The maximum Gasteiger partial charge on any atom is 0.184 e. The largest absolute Gasteiger partial charge is 0.379 e. The summed E-state index contributed by atoms with van der Waals surface area (Å²) in [6.45, 7) is 3.77. The topological polar surface area (TPSA) is 39.2 Å². The van der Waals surface area contributed by atoms with Gasteiger partial charge in [0.25, 0.3) is 0 Å². The Labute approximate surface area is 94.6 Å². The molecule has 0 unspecified atom stereocenters. The quantitative estimate of drug-likeness (QED) is 0.723. The Kier molecular flexibility index (Phi) is 4.12. The first kappa shape index (κ1) is 12.8. The molecule has 3 nitrogen and oxygen atoms in total. The Hall–Kier alpha value is -1.29. The van der Waals surface area contributed by atoms with Crippen molar-refractivity contribution in [3.8, 4) is 0 Å². The highest BCUT2D eigenvalue weighted by molar-refractivity contribution is 5.94. The molecule has 1 aromatic heterocycles. The van der Waals surface area contributed by atoms with Crippen LogP contribution in [-0.2, 0) is 4.74 Å². The average Bonchev–Trinajstić information content (AvgIpc) is 2.27. The predicted octanol–water partition coefficient (Wildman–Crippen LogP) is 2.61. The highest BCUT2D eigenvalue weighted by Crippen LogP contribution is 2.17. The number of carbonyl (C=O) groups is 1. The van der Waals surface area contributed by atoms with E-state index in [-0.39, 0.29) is 23.5 Å². The number of Topliss-reactive ketones (excluding diaryl/α,β-unsaturated/α-hetero) is 1. The van der Waals surface area contributed by atoms with Gasteiger partial charge in [0.2, 0.25) is 0 Å². The van der Waals surface area contributed by atoms with Gasteiger partial charge < -0.3 is 4.74 Å². The van der Waals surface area contributed by atoms with Crippen molar-refractivity contribution in [1.82, 2.24) is 4.98 Å². The van der Waals surface area contributed by atoms with E-state index >= 15 is 0 Å². The van der Waals surface area contributed by atoms with Crippen LogP contribution >= 0.6 is 0 Å². The van der Waals surface area contributed by atoms with Gasteiger partial charge in [0.1, 0.15) is 5.69 Å². The summed E-state index contributed by atoms with van der Waals surface area (Å²) in [5, 5.41) is 0. The fraction of sp³-hybridized carbons (Fsp3) is 0.500. The van der Waals surface area contributed by atoms with Gasteiger partial charge >= 0.3 is 0 Å². The number of carbonyl (C=O) groups excluding carboxylic acids is 1. The molecule has 88 valence electrons. The lowest BCUT2D eigenvalue weighted by molar-refractivity contribution is 0.0141. The van der Waals surface area contributed by atoms with Crippen molar-refractivity contribution in [2.75, 3.05) is 7.11 Å². The van der Waals surface area contributed by atoms with Crippen LogP contribution in [0.5, 0.6) is 0 Å². The van der Waals surface area contributed by atoms with Crippen molar-refractivity contribution in [1.29, 1.82) is 0 Å². The van der Waals surface area contributed by atoms with Crippen LogP contribution in [0.15, 0.2) is 18.3 Å². The number of hydrogen-bond acceptors (Lipinski definition) is 3. The van der Waals surface area contributed by atoms with Crippen LogP contribution in [0.2, 0.25) is 0 Å². The van der Waals surface area contributed by atoms with E-state index in [0.717, 1.165) is 0 Å². The molecule has 1 heterocycles. The molecule has 0 aliphatic carbocycles. The molecule has 1 aromatic rings. The molecule has 0 saturated carbocycles. The number of aromatic nitrogens is 1. The maximum absolute atomic E-state index is 13.2. The van der Waals surface area contributed by atoms with Gasteiger partial charge in [0, 0.05) is 19.7 Å². The van der Waals surface area contributed by atoms with E-state index in [0.29, 0.717) is 6.42 Å². The Morgan fingerprint density at radius 1 is 1.56 bits per heavy atom. The number of halogens is 1. The normalized spacial score (nSPS) is 11.5. The van der Waals surface area contributed by atoms with E-state index in [1.54, 1.807) is 7.11 Å². The Balaban J connectivity index is 2.64. The molecule has 0 amide bonds. The van der Waals surface area contributed by atoms with Crippen LogP contribution in [0.3, 0.4) is 0 Å². The summed E-state index contributed by atoms with van der Waals surface area (Å²) in [6, 6.07) is 2.70. The monoisotopic (exact) mass is 225 g/mol. The van der Waals surface area contributed by atoms with Crippen molar-refractivity contribution in [2.45, 2.75) is 32.3 Å². The Morgan fingerprint density at radius 2 is 2.25 bits per heavy atom. The summed E-state index contributed by atoms with van der Waals surface area (Å²) in [7, 11) is 1.59. The molecule has 0 aliphatic rings. The second-order valence-electron chi connectivity index (χ2n) is 4.22. The van der Waals surface area contributed by atoms with Crippen LogP contribution < -0.4 is 0 Å². The molecule has 0 spiro atoms. The molecular weight excluding hydrogens is 209 g/mol. The van der Waals surface area contributed by atoms with Gasteiger partial charge in [-0.2, -0.15) is 0 Å². The van der Waals surface area contributed by atoms with E-state index < -0.39 is 5.82 Å². The van der Waals surface area contributed by atoms with Gasteiger partial charge in [-0.25, -0.2) is 4.39 Å². The van der Waals surface area contributed by atoms with Crippen molar-refractivity contribution >= 4 is 5.78 Å². The minimum atomic E-state index is -0.567. The summed E-state index contributed by atoms with van der Waals surface area (Å²) in [6.07, 6.45) is 2.19. The van der Waals surface area contributed by atoms with E-state index in [1.165, 1.54) is 18.3 Å². The molecular formula is C12H16FNO2. The van der Waals surface area contributed by atoms with Gasteiger partial charge in [-0.3, -0.25) is 9.78 Å². The third kappa shape index (κ3) is 3.38. The number of nitrogens with zero attached hydrogens (tertiary/aromatic N) is 1. The SMILES string of the molecule is COC(C)(C)CCC(=O)c1ncccc1F. The minimum Gasteiger partial charge on any atom is -0.379 e. The second kappa shape index (κ2) is 5.16. The summed E-state index contributed by atoms with van der Waals surface area (Å²) in [5.74, 6) is -0.856. The molecule has 1 rings (SSSR count). The molecule has 0 saturated heterocycles. The molecule has 4 heteroatoms. The number of pyridine rings is 1. The van der Waals surface area contributed by atoms with Crippen molar-refractivity contribution in [2.24, 2.45) is 0 Å². The molecule has 0 radical (unpaired) electrons. The summed E-state index contributed by atoms with van der Waals surface area (Å²) in [4.78, 5) is 15.4. The number of rotatable bonds is 5. The van der Waals surface area contributed by atoms with Crippen LogP contribution in [0, 0.1) is 5.82 Å². The van der Waals surface area contributed by atoms with Crippen LogP contribution in [0.4, 0.5) is 4.39 Å². The molecule has 0 N–H and O–H groups in total. The number of ether oxygens (including phenoxy) is 1. The Bertz CT molecular complexity index is 377. The van der Waals surface area contributed by atoms with Crippen molar-refractivity contribution < 1.29 is 13.9 Å². The minimum absolute atomic E-state index is 0.0885. The second-order valence-corrected chi connectivity index (χ2v) is 4.22. The standard InChI is InChI=1S/C12H16FNO2/c1-12(2,16-3)7-6-10(15)11-9(13)5-4-8-14-11/h4-5,8H,6-7H2,1-3H3. The average molecular weight is 225 g/mol. The zero-order valence-corrected chi connectivity index (χ0v) is 9.79. The lowest BCUT2D eigenvalue weighted by Crippen LogP contribution is -2.23. The zero-order valence-electron chi connectivity index (χ0n) is 9.79. The summed E-state index contributed by atoms with van der Waals surface area (Å²) in [5.41, 5.74) is -0.463. The highest BCUT2D eigenvalue weighted by atomic mass is 19.1. The van der Waals surface area contributed by atoms with Gasteiger partial charge in [0.05, 0.1) is 5.60 Å². The molecule has 0 bridgehead atoms. The summed E-state index contributed by atoms with van der Waals surface area (Å²) >= 11 is 0. The fourth-order valence-electron chi connectivity index (χ4n) is 1.23. The third-order valence-electron chi connectivity index (χ3n) is 2.53. The zero-order chi connectivity index (χ0) is 12.2. The highest BCUT2D eigenvalue weighted by Gasteiger charge is 2.20. The van der Waals surface area contributed by atoms with Crippen LogP contribution in [0.25, 0.3) is 0 Å². The first-order valence-corrected chi connectivity index (χ1v) is 5.15. The Morgan fingerprint density at radius 3 is 2.81 bits per heavy atom. The summed E-state index contributed by atoms with van der Waals surface area (Å²) < 4.78 is 18.4. The molecule has 0 aromatic carbocycles. The first-order chi connectivity index (χ1) is 7.46. The smallest absolute Gasteiger partial charge is 0.184 e. The number of methoxy groups -OCH3 is 1. The first-order valence-electron chi connectivity index (χ1n) is 5.15. The lowest BCUT2D eigenvalue weighted by Gasteiger charge is -2.21. The lowest BCUT2D eigenvalue weighted by atomic mass is 9.99. The van der Waals surface area contributed by atoms with Gasteiger partial charge in [-0.05, 0) is 32.4 Å². The molecule has 0 fully saturated rings. The van der Waals surface area contributed by atoms with Gasteiger partial charge in [-0.1, -0.05) is 0 Å². The van der Waals surface area contributed by atoms with E-state index in [4.69, 9.17) is 4.74 Å². The number of hydrogen-bond donors (Lipinski definition) is 0. The van der Waals surface area contributed by atoms with Gasteiger partial charge in [-0.15, -0.1) is 0 Å². The molecule has 0 atom stereocenters. The van der Waals surface area contributed by atoms with E-state index in [9.17, 15) is 9.18 Å². The maximum atomic E-state index is 13.2. The van der Waals surface area contributed by atoms with E-state index in [1.807, 2.05) is 13.8 Å². The van der Waals surface area contributed by atoms with Crippen molar-refractivity contribution in [3.05, 3.63) is 29.8 Å². The van der Waals surface area contributed by atoms with Gasteiger partial charge in [0.15, 0.2) is 11.6 Å².